The molecule has 0 spiro atoms. The third kappa shape index (κ3) is 4.11. The van der Waals surface area contributed by atoms with E-state index >= 15 is 0 Å². The van der Waals surface area contributed by atoms with Crippen LogP contribution in [0.1, 0.15) is 34.5 Å². The highest BCUT2D eigenvalue weighted by Crippen LogP contribution is 2.17. The number of piperidine rings is 1. The molecule has 4 nitrogen and oxygen atoms in total. The Balaban J connectivity index is 1.82. The number of likely N-dealkylation sites (tertiary alicyclic amines) is 1. The number of nitrogens with one attached hydrogen (secondary N) is 1. The first-order valence-corrected chi connectivity index (χ1v) is 9.03. The zero-order valence-corrected chi connectivity index (χ0v) is 14.2. The molecule has 2 aromatic rings. The lowest BCUT2D eigenvalue weighted by molar-refractivity contribution is -0.128. The van der Waals surface area contributed by atoms with E-state index in [2.05, 4.69) is 5.32 Å². The van der Waals surface area contributed by atoms with E-state index < -0.39 is 0 Å². The van der Waals surface area contributed by atoms with Crippen molar-refractivity contribution in [2.75, 3.05) is 13.1 Å². The van der Waals surface area contributed by atoms with E-state index in [1.54, 1.807) is 18.2 Å². The zero-order valence-electron chi connectivity index (χ0n) is 13.4. The van der Waals surface area contributed by atoms with Crippen LogP contribution in [0.15, 0.2) is 53.5 Å². The molecule has 1 saturated heterocycles. The number of thiophene rings is 1. The smallest absolute Gasteiger partial charge is 0.270 e. The predicted molar refractivity (Wildman–Crippen MR) is 96.6 cm³/mol. The maximum absolute atomic E-state index is 12.8. The van der Waals surface area contributed by atoms with Crippen molar-refractivity contribution in [1.82, 2.24) is 10.2 Å². The minimum Gasteiger partial charge on any atom is -0.337 e. The lowest BCUT2D eigenvalue weighted by Gasteiger charge is -2.27. The third-order valence-corrected chi connectivity index (χ3v) is 4.81. The van der Waals surface area contributed by atoms with Crippen LogP contribution in [0.3, 0.4) is 0 Å². The van der Waals surface area contributed by atoms with Gasteiger partial charge < -0.3 is 10.2 Å². The second-order valence-electron chi connectivity index (χ2n) is 5.75. The molecule has 24 heavy (non-hydrogen) atoms. The molecular formula is C19H20N2O2S. The summed E-state index contributed by atoms with van der Waals surface area (Å²) in [5.41, 5.74) is 0.884. The summed E-state index contributed by atoms with van der Waals surface area (Å²) in [4.78, 5) is 28.1. The van der Waals surface area contributed by atoms with Crippen molar-refractivity contribution in [3.05, 3.63) is 64.0 Å². The summed E-state index contributed by atoms with van der Waals surface area (Å²) in [6.07, 6.45) is 4.96. The molecule has 124 valence electrons. The molecule has 1 aromatic carbocycles. The largest absolute Gasteiger partial charge is 0.337 e. The normalized spacial score (nSPS) is 15.2. The van der Waals surface area contributed by atoms with E-state index in [-0.39, 0.29) is 11.8 Å². The first-order chi connectivity index (χ1) is 11.7. The van der Waals surface area contributed by atoms with Gasteiger partial charge in [0.05, 0.1) is 0 Å². The standard InChI is InChI=1S/C19H20N2O2S/c22-18(15-8-3-1-4-9-15)20-17(14-16-10-7-13-24-16)19(23)21-11-5-2-6-12-21/h1,3-4,7-10,13-14H,2,5-6,11-12H2,(H,20,22). The van der Waals surface area contributed by atoms with Gasteiger partial charge in [0.1, 0.15) is 5.70 Å². The Morgan fingerprint density at radius 2 is 1.75 bits per heavy atom. The molecule has 0 aliphatic carbocycles. The average Bonchev–Trinajstić information content (AvgIpc) is 3.15. The Morgan fingerprint density at radius 3 is 2.42 bits per heavy atom. The molecule has 1 aliphatic heterocycles. The van der Waals surface area contributed by atoms with E-state index in [1.807, 2.05) is 40.6 Å². The van der Waals surface area contributed by atoms with Crippen LogP contribution in [0, 0.1) is 0 Å². The van der Waals surface area contributed by atoms with Crippen molar-refractivity contribution in [2.45, 2.75) is 19.3 Å². The Bertz CT molecular complexity index is 717. The molecule has 0 saturated carbocycles. The summed E-state index contributed by atoms with van der Waals surface area (Å²) in [6, 6.07) is 12.8. The second-order valence-corrected chi connectivity index (χ2v) is 6.73. The van der Waals surface area contributed by atoms with Gasteiger partial charge in [-0.3, -0.25) is 9.59 Å². The highest BCUT2D eigenvalue weighted by molar-refractivity contribution is 7.10. The van der Waals surface area contributed by atoms with E-state index in [0.717, 1.165) is 37.2 Å². The van der Waals surface area contributed by atoms with Crippen molar-refractivity contribution in [1.29, 1.82) is 0 Å². The topological polar surface area (TPSA) is 49.4 Å². The van der Waals surface area contributed by atoms with Crippen LogP contribution >= 0.6 is 11.3 Å². The lowest BCUT2D eigenvalue weighted by atomic mass is 10.1. The Morgan fingerprint density at radius 1 is 1.00 bits per heavy atom. The quantitative estimate of drug-likeness (QED) is 0.866. The van der Waals surface area contributed by atoms with Crippen LogP contribution in [0.4, 0.5) is 0 Å². The molecule has 0 bridgehead atoms. The summed E-state index contributed by atoms with van der Waals surface area (Å²) >= 11 is 1.54. The monoisotopic (exact) mass is 340 g/mol. The molecule has 5 heteroatoms. The highest BCUT2D eigenvalue weighted by Gasteiger charge is 2.22. The molecule has 1 N–H and O–H groups in total. The number of hydrogen-bond donors (Lipinski definition) is 1. The fourth-order valence-corrected chi connectivity index (χ4v) is 3.38. The van der Waals surface area contributed by atoms with Gasteiger partial charge in [0.25, 0.3) is 11.8 Å². The Kier molecular flexibility index (Phi) is 5.43. The van der Waals surface area contributed by atoms with Gasteiger partial charge in [0.15, 0.2) is 0 Å². The van der Waals surface area contributed by atoms with Crippen LogP contribution < -0.4 is 5.32 Å². The van der Waals surface area contributed by atoms with Crippen molar-refractivity contribution >= 4 is 29.2 Å². The Hall–Kier alpha value is -2.40. The van der Waals surface area contributed by atoms with Crippen molar-refractivity contribution in [3.8, 4) is 0 Å². The third-order valence-electron chi connectivity index (χ3n) is 3.99. The van der Waals surface area contributed by atoms with Gasteiger partial charge in [0, 0.05) is 23.5 Å². The van der Waals surface area contributed by atoms with Crippen molar-refractivity contribution in [2.24, 2.45) is 0 Å². The number of amides is 2. The molecule has 0 atom stereocenters. The second kappa shape index (κ2) is 7.93. The van der Waals surface area contributed by atoms with Gasteiger partial charge in [0.2, 0.25) is 0 Å². The van der Waals surface area contributed by atoms with E-state index in [1.165, 1.54) is 11.3 Å². The van der Waals surface area contributed by atoms with Gasteiger partial charge in [-0.2, -0.15) is 0 Å². The predicted octanol–water partition coefficient (Wildman–Crippen LogP) is 3.53. The Labute approximate surface area is 145 Å². The number of benzene rings is 1. The van der Waals surface area contributed by atoms with Gasteiger partial charge in [-0.15, -0.1) is 11.3 Å². The number of rotatable bonds is 4. The summed E-state index contributed by atoms with van der Waals surface area (Å²) in [5, 5.41) is 4.76. The minimum absolute atomic E-state index is 0.104. The SMILES string of the molecule is O=C(NC(=Cc1cccs1)C(=O)N1CCCCC1)c1ccccc1. The van der Waals surface area contributed by atoms with Gasteiger partial charge in [-0.05, 0) is 48.9 Å². The van der Waals surface area contributed by atoms with E-state index in [0.29, 0.717) is 11.3 Å². The van der Waals surface area contributed by atoms with Crippen LogP contribution in [0.25, 0.3) is 6.08 Å². The van der Waals surface area contributed by atoms with Gasteiger partial charge in [-0.1, -0.05) is 24.3 Å². The summed E-state index contributed by atoms with van der Waals surface area (Å²) in [7, 11) is 0. The molecule has 2 heterocycles. The molecule has 0 unspecified atom stereocenters. The van der Waals surface area contributed by atoms with Crippen LogP contribution in [-0.2, 0) is 4.79 Å². The molecule has 2 amide bonds. The fourth-order valence-electron chi connectivity index (χ4n) is 2.72. The van der Waals surface area contributed by atoms with E-state index in [4.69, 9.17) is 0 Å². The molecule has 3 rings (SSSR count). The number of hydrogen-bond acceptors (Lipinski definition) is 3. The first-order valence-electron chi connectivity index (χ1n) is 8.15. The molecular weight excluding hydrogens is 320 g/mol. The maximum atomic E-state index is 12.8. The zero-order chi connectivity index (χ0) is 16.8. The molecule has 1 aliphatic rings. The summed E-state index contributed by atoms with van der Waals surface area (Å²) < 4.78 is 0. The van der Waals surface area contributed by atoms with Crippen LogP contribution in [0.2, 0.25) is 0 Å². The number of carbonyl (C=O) groups excluding carboxylic acids is 2. The summed E-state index contributed by atoms with van der Waals surface area (Å²) in [6.45, 7) is 1.50. The van der Waals surface area contributed by atoms with Crippen molar-refractivity contribution < 1.29 is 9.59 Å². The molecule has 1 fully saturated rings. The average molecular weight is 340 g/mol. The highest BCUT2D eigenvalue weighted by atomic mass is 32.1. The molecule has 1 aromatic heterocycles. The number of carbonyl (C=O) groups is 2. The van der Waals surface area contributed by atoms with E-state index in [9.17, 15) is 9.59 Å². The first kappa shape index (κ1) is 16.5. The maximum Gasteiger partial charge on any atom is 0.270 e. The number of nitrogens with zero attached hydrogens (tertiary/aromatic N) is 1. The summed E-state index contributed by atoms with van der Waals surface area (Å²) in [5.74, 6) is -0.365. The molecule has 0 radical (unpaired) electrons. The fraction of sp³-hybridized carbons (Fsp3) is 0.263. The minimum atomic E-state index is -0.260. The van der Waals surface area contributed by atoms with Gasteiger partial charge >= 0.3 is 0 Å². The van der Waals surface area contributed by atoms with Crippen LogP contribution in [0.5, 0.6) is 0 Å². The lowest BCUT2D eigenvalue weighted by Crippen LogP contribution is -2.41. The van der Waals surface area contributed by atoms with Gasteiger partial charge in [-0.25, -0.2) is 0 Å². The van der Waals surface area contributed by atoms with Crippen molar-refractivity contribution in [3.63, 3.8) is 0 Å². The van der Waals surface area contributed by atoms with Crippen LogP contribution in [-0.4, -0.2) is 29.8 Å².